The molecule has 0 radical (unpaired) electrons. The summed E-state index contributed by atoms with van der Waals surface area (Å²) >= 11 is 0. The van der Waals surface area contributed by atoms with E-state index >= 15 is 0 Å². The number of benzene rings is 1. The minimum Gasteiger partial charge on any atom is -0.341 e. The third kappa shape index (κ3) is 2.02. The van der Waals surface area contributed by atoms with Gasteiger partial charge in [0, 0.05) is 13.6 Å². The lowest BCUT2D eigenvalue weighted by atomic mass is 10.0. The van der Waals surface area contributed by atoms with E-state index in [-0.39, 0.29) is 5.92 Å². The van der Waals surface area contributed by atoms with Gasteiger partial charge >= 0.3 is 0 Å². The van der Waals surface area contributed by atoms with Crippen LogP contribution in [0.4, 0.5) is 0 Å². The number of H-pyrrole nitrogens is 1. The van der Waals surface area contributed by atoms with Crippen LogP contribution in [0.15, 0.2) is 30.3 Å². The molecule has 5 nitrogen and oxygen atoms in total. The largest absolute Gasteiger partial charge is 0.341 e. The molecule has 0 aliphatic rings. The summed E-state index contributed by atoms with van der Waals surface area (Å²) in [6.45, 7) is 2.48. The molecule has 3 rings (SSSR count). The van der Waals surface area contributed by atoms with Crippen LogP contribution in [-0.4, -0.2) is 26.3 Å². The van der Waals surface area contributed by atoms with Gasteiger partial charge in [-0.25, -0.2) is 4.98 Å². The Morgan fingerprint density at radius 3 is 2.79 bits per heavy atom. The maximum atomic E-state index is 5.94. The molecule has 0 bridgehead atoms. The average molecular weight is 255 g/mol. The van der Waals surface area contributed by atoms with Crippen molar-refractivity contribution in [3.8, 4) is 0 Å². The van der Waals surface area contributed by atoms with Crippen LogP contribution in [0.2, 0.25) is 0 Å². The van der Waals surface area contributed by atoms with Gasteiger partial charge in [0.1, 0.15) is 5.82 Å². The minimum absolute atomic E-state index is 0.0404. The van der Waals surface area contributed by atoms with Crippen molar-refractivity contribution in [1.29, 1.82) is 0 Å². The van der Waals surface area contributed by atoms with Crippen molar-refractivity contribution in [2.45, 2.75) is 12.8 Å². The summed E-state index contributed by atoms with van der Waals surface area (Å²) < 4.78 is 1.88. The highest BCUT2D eigenvalue weighted by atomic mass is 15.3. The van der Waals surface area contributed by atoms with Crippen LogP contribution in [0.25, 0.3) is 11.0 Å². The number of fused-ring (bicyclic) bond motifs is 1. The normalized spacial score (nSPS) is 13.0. The molecule has 0 amide bonds. The molecule has 1 aromatic carbocycles. The number of hydrogen-bond acceptors (Lipinski definition) is 3. The van der Waals surface area contributed by atoms with E-state index in [0.717, 1.165) is 28.2 Å². The molecule has 1 atom stereocenters. The number of hydrogen-bond donors (Lipinski definition) is 2. The fourth-order valence-electron chi connectivity index (χ4n) is 2.47. The van der Waals surface area contributed by atoms with E-state index in [1.54, 1.807) is 0 Å². The molecule has 0 spiro atoms. The molecule has 0 saturated heterocycles. The smallest absolute Gasteiger partial charge is 0.117 e. The summed E-state index contributed by atoms with van der Waals surface area (Å²) in [6, 6.07) is 10.1. The number of imidazole rings is 1. The first-order chi connectivity index (χ1) is 9.19. The van der Waals surface area contributed by atoms with Crippen LogP contribution in [0.5, 0.6) is 0 Å². The maximum Gasteiger partial charge on any atom is 0.117 e. The summed E-state index contributed by atoms with van der Waals surface area (Å²) in [5, 5.41) is 4.38. The molecular weight excluding hydrogens is 238 g/mol. The third-order valence-corrected chi connectivity index (χ3v) is 3.37. The number of rotatable bonds is 3. The molecule has 5 heteroatoms. The van der Waals surface area contributed by atoms with Crippen LogP contribution < -0.4 is 5.73 Å². The number of aryl methyl sites for hydroxylation is 2. The van der Waals surface area contributed by atoms with Gasteiger partial charge in [-0.3, -0.25) is 4.68 Å². The zero-order valence-corrected chi connectivity index (χ0v) is 11.1. The molecule has 19 heavy (non-hydrogen) atoms. The molecule has 2 heterocycles. The number of aromatic amines is 1. The van der Waals surface area contributed by atoms with Crippen molar-refractivity contribution in [2.24, 2.45) is 12.8 Å². The Morgan fingerprint density at radius 2 is 2.16 bits per heavy atom. The topological polar surface area (TPSA) is 72.5 Å². The first kappa shape index (κ1) is 11.9. The standard InChI is InChI=1S/C14H17N5/c1-9-7-13(19(2)18-9)10(8-15)14-16-11-5-3-4-6-12(11)17-14/h3-7,10H,8,15H2,1-2H3,(H,16,17). The summed E-state index contributed by atoms with van der Waals surface area (Å²) in [5.41, 5.74) is 10.0. The van der Waals surface area contributed by atoms with Crippen LogP contribution in [0.3, 0.4) is 0 Å². The third-order valence-electron chi connectivity index (χ3n) is 3.37. The number of para-hydroxylation sites is 2. The lowest BCUT2D eigenvalue weighted by Crippen LogP contribution is -2.18. The van der Waals surface area contributed by atoms with Crippen molar-refractivity contribution in [1.82, 2.24) is 19.7 Å². The van der Waals surface area contributed by atoms with Crippen molar-refractivity contribution in [2.75, 3.05) is 6.54 Å². The van der Waals surface area contributed by atoms with Crippen LogP contribution in [-0.2, 0) is 7.05 Å². The van der Waals surface area contributed by atoms with Gasteiger partial charge in [-0.15, -0.1) is 0 Å². The lowest BCUT2D eigenvalue weighted by Gasteiger charge is -2.12. The van der Waals surface area contributed by atoms with Gasteiger partial charge < -0.3 is 10.7 Å². The monoisotopic (exact) mass is 255 g/mol. The second kappa shape index (κ2) is 4.51. The second-order valence-electron chi connectivity index (χ2n) is 4.76. The quantitative estimate of drug-likeness (QED) is 0.748. The van der Waals surface area contributed by atoms with Gasteiger partial charge in [0.15, 0.2) is 0 Å². The van der Waals surface area contributed by atoms with E-state index in [0.29, 0.717) is 6.54 Å². The van der Waals surface area contributed by atoms with Crippen molar-refractivity contribution < 1.29 is 0 Å². The molecule has 0 aliphatic heterocycles. The molecule has 1 unspecified atom stereocenters. The summed E-state index contributed by atoms with van der Waals surface area (Å²) in [6.07, 6.45) is 0. The van der Waals surface area contributed by atoms with E-state index in [1.807, 2.05) is 42.9 Å². The first-order valence-corrected chi connectivity index (χ1v) is 6.34. The van der Waals surface area contributed by atoms with Crippen LogP contribution in [0, 0.1) is 6.92 Å². The molecule has 0 saturated carbocycles. The van der Waals surface area contributed by atoms with Gasteiger partial charge in [0.2, 0.25) is 0 Å². The Kier molecular flexibility index (Phi) is 2.83. The molecule has 2 aromatic heterocycles. The number of nitrogens with zero attached hydrogens (tertiary/aromatic N) is 3. The Balaban J connectivity index is 2.09. The summed E-state index contributed by atoms with van der Waals surface area (Å²) in [4.78, 5) is 7.98. The number of nitrogens with one attached hydrogen (secondary N) is 1. The molecule has 3 N–H and O–H groups in total. The van der Waals surface area contributed by atoms with Gasteiger partial charge in [-0.2, -0.15) is 5.10 Å². The Hall–Kier alpha value is -2.14. The van der Waals surface area contributed by atoms with E-state index < -0.39 is 0 Å². The molecule has 98 valence electrons. The lowest BCUT2D eigenvalue weighted by molar-refractivity contribution is 0.644. The zero-order valence-electron chi connectivity index (χ0n) is 11.1. The summed E-state index contributed by atoms with van der Waals surface area (Å²) in [5.74, 6) is 0.935. The van der Waals surface area contributed by atoms with E-state index in [2.05, 4.69) is 21.1 Å². The van der Waals surface area contributed by atoms with Gasteiger partial charge in [-0.05, 0) is 25.1 Å². The molecule has 0 fully saturated rings. The molecule has 0 aliphatic carbocycles. The van der Waals surface area contributed by atoms with Crippen molar-refractivity contribution >= 4 is 11.0 Å². The summed E-state index contributed by atoms with van der Waals surface area (Å²) in [7, 11) is 1.94. The van der Waals surface area contributed by atoms with E-state index in [9.17, 15) is 0 Å². The Bertz CT molecular complexity index is 677. The first-order valence-electron chi connectivity index (χ1n) is 6.34. The predicted octanol–water partition coefficient (Wildman–Crippen LogP) is 1.70. The van der Waals surface area contributed by atoms with Gasteiger partial charge in [0.25, 0.3) is 0 Å². The SMILES string of the molecule is Cc1cc(C(CN)c2nc3ccccc3[nH]2)n(C)n1. The minimum atomic E-state index is 0.0404. The zero-order chi connectivity index (χ0) is 13.4. The van der Waals surface area contributed by atoms with E-state index in [1.165, 1.54) is 0 Å². The highest BCUT2D eigenvalue weighted by Crippen LogP contribution is 2.23. The van der Waals surface area contributed by atoms with Crippen LogP contribution >= 0.6 is 0 Å². The van der Waals surface area contributed by atoms with Gasteiger partial charge in [-0.1, -0.05) is 12.1 Å². The maximum absolute atomic E-state index is 5.94. The van der Waals surface area contributed by atoms with Crippen molar-refractivity contribution in [3.63, 3.8) is 0 Å². The average Bonchev–Trinajstić information content (AvgIpc) is 2.94. The Labute approximate surface area is 111 Å². The number of nitrogens with two attached hydrogens (primary N) is 1. The highest BCUT2D eigenvalue weighted by molar-refractivity contribution is 5.74. The fourth-order valence-corrected chi connectivity index (χ4v) is 2.47. The molecule has 3 aromatic rings. The predicted molar refractivity (Wildman–Crippen MR) is 74.9 cm³/mol. The van der Waals surface area contributed by atoms with Gasteiger partial charge in [0.05, 0.1) is 28.3 Å². The fraction of sp³-hybridized carbons (Fsp3) is 0.286. The second-order valence-corrected chi connectivity index (χ2v) is 4.76. The molecular formula is C14H17N5. The number of aromatic nitrogens is 4. The van der Waals surface area contributed by atoms with Crippen molar-refractivity contribution in [3.05, 3.63) is 47.5 Å². The van der Waals surface area contributed by atoms with E-state index in [4.69, 9.17) is 5.73 Å². The highest BCUT2D eigenvalue weighted by Gasteiger charge is 2.20. The Morgan fingerprint density at radius 1 is 1.37 bits per heavy atom. The van der Waals surface area contributed by atoms with Crippen LogP contribution in [0.1, 0.15) is 23.1 Å².